The Bertz CT molecular complexity index is 195. The highest BCUT2D eigenvalue weighted by Gasteiger charge is 2.14. The van der Waals surface area contributed by atoms with Crippen molar-refractivity contribution in [3.05, 3.63) is 11.8 Å². The van der Waals surface area contributed by atoms with E-state index in [2.05, 4.69) is 16.1 Å². The van der Waals surface area contributed by atoms with Crippen LogP contribution >= 0.6 is 0 Å². The van der Waals surface area contributed by atoms with E-state index in [1.807, 2.05) is 0 Å². The van der Waals surface area contributed by atoms with E-state index in [4.69, 9.17) is 0 Å². The lowest BCUT2D eigenvalue weighted by atomic mass is 10.6. The molecule has 0 spiro atoms. The molecule has 0 aliphatic carbocycles. The number of ether oxygens (including phenoxy) is 2. The standard InChI is InChI=1S/C7H12O4Si/c1-4(12)7(10-5(2)8)11-6(3)9/h7H,1H2,2-3,12H3. The van der Waals surface area contributed by atoms with E-state index in [-0.39, 0.29) is 0 Å². The highest BCUT2D eigenvalue weighted by Crippen LogP contribution is 2.03. The molecule has 0 atom stereocenters. The lowest BCUT2D eigenvalue weighted by Gasteiger charge is -2.15. The van der Waals surface area contributed by atoms with E-state index in [1.165, 1.54) is 13.8 Å². The molecular weight excluding hydrogens is 176 g/mol. The zero-order valence-electron chi connectivity index (χ0n) is 7.42. The van der Waals surface area contributed by atoms with Crippen molar-refractivity contribution in [1.29, 1.82) is 0 Å². The predicted molar refractivity (Wildman–Crippen MR) is 46.4 cm³/mol. The molecule has 0 rings (SSSR count). The molecule has 12 heavy (non-hydrogen) atoms. The van der Waals surface area contributed by atoms with Crippen LogP contribution in [0.25, 0.3) is 0 Å². The van der Waals surface area contributed by atoms with Crippen LogP contribution in [0.3, 0.4) is 0 Å². The van der Waals surface area contributed by atoms with Crippen molar-refractivity contribution in [3.8, 4) is 0 Å². The molecule has 0 N–H and O–H groups in total. The summed E-state index contributed by atoms with van der Waals surface area (Å²) in [5, 5.41) is 0.611. The SMILES string of the molecule is C=C([SiH3])C(OC(C)=O)OC(C)=O. The van der Waals surface area contributed by atoms with Gasteiger partial charge in [0.2, 0.25) is 0 Å². The normalized spacial score (nSPS) is 9.58. The fraction of sp³-hybridized carbons (Fsp3) is 0.429. The molecule has 0 aromatic rings. The average Bonchev–Trinajstić information content (AvgIpc) is 1.83. The first-order valence-corrected chi connectivity index (χ1v) is 4.43. The van der Waals surface area contributed by atoms with Crippen LogP contribution in [0.15, 0.2) is 11.8 Å². The van der Waals surface area contributed by atoms with Crippen LogP contribution in [0.5, 0.6) is 0 Å². The fourth-order valence-electron chi connectivity index (χ4n) is 0.527. The monoisotopic (exact) mass is 188 g/mol. The summed E-state index contributed by atoms with van der Waals surface area (Å²) in [6.07, 6.45) is -0.897. The molecule has 4 nitrogen and oxygen atoms in total. The van der Waals surface area contributed by atoms with Gasteiger partial charge in [-0.2, -0.15) is 0 Å². The third-order valence-corrected chi connectivity index (χ3v) is 1.42. The van der Waals surface area contributed by atoms with Gasteiger partial charge in [-0.3, -0.25) is 9.59 Å². The average molecular weight is 188 g/mol. The maximum absolute atomic E-state index is 10.5. The third kappa shape index (κ3) is 4.67. The lowest BCUT2D eigenvalue weighted by Crippen LogP contribution is -2.24. The summed E-state index contributed by atoms with van der Waals surface area (Å²) in [5.41, 5.74) is 0. The van der Waals surface area contributed by atoms with Crippen LogP contribution in [-0.4, -0.2) is 28.5 Å². The second kappa shape index (κ2) is 4.71. The number of carbonyl (C=O) groups excluding carboxylic acids is 2. The first-order valence-electron chi connectivity index (χ1n) is 3.43. The molecule has 0 aromatic carbocycles. The van der Waals surface area contributed by atoms with Gasteiger partial charge >= 0.3 is 11.9 Å². The van der Waals surface area contributed by atoms with Gasteiger partial charge in [-0.15, -0.1) is 0 Å². The summed E-state index contributed by atoms with van der Waals surface area (Å²) >= 11 is 0. The molecule has 68 valence electrons. The minimum absolute atomic E-state index is 0.488. The van der Waals surface area contributed by atoms with Gasteiger partial charge in [-0.25, -0.2) is 0 Å². The summed E-state index contributed by atoms with van der Waals surface area (Å²) in [5.74, 6) is -0.975. The van der Waals surface area contributed by atoms with Crippen molar-refractivity contribution >= 4 is 22.2 Å². The van der Waals surface area contributed by atoms with E-state index < -0.39 is 18.2 Å². The van der Waals surface area contributed by atoms with E-state index in [0.717, 1.165) is 0 Å². The topological polar surface area (TPSA) is 52.6 Å². The molecule has 0 bridgehead atoms. The van der Waals surface area contributed by atoms with Crippen molar-refractivity contribution in [2.75, 3.05) is 0 Å². The van der Waals surface area contributed by atoms with E-state index >= 15 is 0 Å². The van der Waals surface area contributed by atoms with Gasteiger partial charge in [0.15, 0.2) is 0 Å². The number of rotatable bonds is 3. The minimum Gasteiger partial charge on any atom is -0.422 e. The summed E-state index contributed by atoms with van der Waals surface area (Å²) < 4.78 is 9.35. The molecule has 0 saturated carbocycles. The van der Waals surface area contributed by atoms with Crippen molar-refractivity contribution in [3.63, 3.8) is 0 Å². The quantitative estimate of drug-likeness (QED) is 0.334. The highest BCUT2D eigenvalue weighted by molar-refractivity contribution is 6.21. The van der Waals surface area contributed by atoms with Gasteiger partial charge < -0.3 is 9.47 Å². The molecule has 0 amide bonds. The second-order valence-corrected chi connectivity index (χ2v) is 3.68. The Hall–Kier alpha value is -1.10. The summed E-state index contributed by atoms with van der Waals surface area (Å²) in [6, 6.07) is 0. The molecule has 0 unspecified atom stereocenters. The molecule has 0 fully saturated rings. The zero-order chi connectivity index (χ0) is 9.72. The molecule has 5 heteroatoms. The van der Waals surface area contributed by atoms with E-state index in [0.29, 0.717) is 15.4 Å². The number of carbonyl (C=O) groups is 2. The third-order valence-electron chi connectivity index (χ3n) is 0.948. The summed E-state index contributed by atoms with van der Waals surface area (Å²) in [6.45, 7) is 6.07. The van der Waals surface area contributed by atoms with Gasteiger partial charge in [0.25, 0.3) is 6.29 Å². The Balaban J connectivity index is 4.14. The Morgan fingerprint density at radius 2 is 1.58 bits per heavy atom. The van der Waals surface area contributed by atoms with Crippen LogP contribution in [-0.2, 0) is 19.1 Å². The van der Waals surface area contributed by atoms with E-state index in [1.54, 1.807) is 0 Å². The fourth-order valence-corrected chi connectivity index (χ4v) is 0.762. The number of esters is 2. The van der Waals surface area contributed by atoms with Crippen molar-refractivity contribution < 1.29 is 19.1 Å². The van der Waals surface area contributed by atoms with Gasteiger partial charge in [0, 0.05) is 24.1 Å². The van der Waals surface area contributed by atoms with Crippen LogP contribution in [0.1, 0.15) is 13.8 Å². The van der Waals surface area contributed by atoms with Crippen LogP contribution in [0, 0.1) is 0 Å². The predicted octanol–water partition coefficient (Wildman–Crippen LogP) is -0.682. The van der Waals surface area contributed by atoms with Crippen LogP contribution < -0.4 is 0 Å². The smallest absolute Gasteiger partial charge is 0.305 e. The largest absolute Gasteiger partial charge is 0.422 e. The second-order valence-electron chi connectivity index (χ2n) is 2.40. The molecule has 0 aliphatic heterocycles. The highest BCUT2D eigenvalue weighted by atomic mass is 28.1. The summed E-state index contributed by atoms with van der Waals surface area (Å²) in [4.78, 5) is 21.0. The summed E-state index contributed by atoms with van der Waals surface area (Å²) in [7, 11) is 0.614. The number of hydrogen-bond donors (Lipinski definition) is 0. The molecule has 0 heterocycles. The van der Waals surface area contributed by atoms with Crippen molar-refractivity contribution in [2.24, 2.45) is 0 Å². The molecule has 0 aromatic heterocycles. The number of hydrogen-bond acceptors (Lipinski definition) is 4. The first-order chi connectivity index (χ1) is 5.43. The maximum Gasteiger partial charge on any atom is 0.305 e. The Morgan fingerprint density at radius 1 is 1.25 bits per heavy atom. The molecule has 0 radical (unpaired) electrons. The molecule has 0 saturated heterocycles. The van der Waals surface area contributed by atoms with Gasteiger partial charge in [-0.1, -0.05) is 6.58 Å². The van der Waals surface area contributed by atoms with E-state index in [9.17, 15) is 9.59 Å². The molecular formula is C7H12O4Si. The van der Waals surface area contributed by atoms with Crippen molar-refractivity contribution in [1.82, 2.24) is 0 Å². The Kier molecular flexibility index (Phi) is 4.28. The lowest BCUT2D eigenvalue weighted by molar-refractivity contribution is -0.176. The Morgan fingerprint density at radius 3 is 1.75 bits per heavy atom. The van der Waals surface area contributed by atoms with Crippen LogP contribution in [0.4, 0.5) is 0 Å². The minimum atomic E-state index is -0.897. The van der Waals surface area contributed by atoms with Crippen LogP contribution in [0.2, 0.25) is 0 Å². The van der Waals surface area contributed by atoms with Crippen molar-refractivity contribution in [2.45, 2.75) is 20.1 Å². The first kappa shape index (κ1) is 10.9. The maximum atomic E-state index is 10.5. The van der Waals surface area contributed by atoms with Gasteiger partial charge in [0.05, 0.1) is 0 Å². The van der Waals surface area contributed by atoms with Gasteiger partial charge in [0.1, 0.15) is 0 Å². The Labute approximate surface area is 74.0 Å². The zero-order valence-corrected chi connectivity index (χ0v) is 9.42. The molecule has 0 aliphatic rings. The van der Waals surface area contributed by atoms with Gasteiger partial charge in [-0.05, 0) is 5.20 Å².